The van der Waals surface area contributed by atoms with Crippen LogP contribution in [0.15, 0.2) is 36.4 Å². The first-order chi connectivity index (χ1) is 16.1. The van der Waals surface area contributed by atoms with Gasteiger partial charge in [-0.1, -0.05) is 12.1 Å². The van der Waals surface area contributed by atoms with Crippen molar-refractivity contribution in [3.8, 4) is 0 Å². The Bertz CT molecular complexity index is 950. The molecular formula is C24H31FN6O2. The summed E-state index contributed by atoms with van der Waals surface area (Å²) in [6.07, 6.45) is 1.66. The zero-order valence-corrected chi connectivity index (χ0v) is 18.9. The second-order valence-electron chi connectivity index (χ2n) is 9.17. The monoisotopic (exact) mass is 454 g/mol. The van der Waals surface area contributed by atoms with E-state index in [4.69, 9.17) is 5.11 Å². The fourth-order valence-electron chi connectivity index (χ4n) is 4.96. The maximum absolute atomic E-state index is 13.3. The molecule has 1 aromatic heterocycles. The van der Waals surface area contributed by atoms with Gasteiger partial charge < -0.3 is 19.8 Å². The number of piperazine rings is 2. The third-order valence-electron chi connectivity index (χ3n) is 7.20. The summed E-state index contributed by atoms with van der Waals surface area (Å²) in [6.45, 7) is 7.25. The number of aromatic nitrogens is 2. The van der Waals surface area contributed by atoms with E-state index in [1.54, 1.807) is 12.1 Å². The van der Waals surface area contributed by atoms with E-state index in [1.807, 2.05) is 17.0 Å². The number of benzene rings is 1. The molecule has 0 radical (unpaired) electrons. The standard InChI is InChI=1S/C24H31FN6O2/c25-20-3-1-19(2-4-20)24(7-8-24)23(33)31-15-13-30(14-16-31)22-6-5-21(26-27-22)29-11-9-28(10-12-29)17-18-32/h1-6,32H,7-18H2. The summed E-state index contributed by atoms with van der Waals surface area (Å²) in [7, 11) is 0. The molecule has 8 nitrogen and oxygen atoms in total. The molecule has 3 aliphatic rings. The number of carbonyl (C=O) groups is 1. The molecule has 33 heavy (non-hydrogen) atoms. The summed E-state index contributed by atoms with van der Waals surface area (Å²) >= 11 is 0. The van der Waals surface area contributed by atoms with Gasteiger partial charge in [0.15, 0.2) is 11.6 Å². The lowest BCUT2D eigenvalue weighted by molar-refractivity contribution is -0.134. The third-order valence-corrected chi connectivity index (χ3v) is 7.20. The van der Waals surface area contributed by atoms with Crippen LogP contribution in [0.2, 0.25) is 0 Å². The fourth-order valence-corrected chi connectivity index (χ4v) is 4.96. The van der Waals surface area contributed by atoms with Crippen molar-refractivity contribution in [2.45, 2.75) is 18.3 Å². The van der Waals surface area contributed by atoms with Crippen molar-refractivity contribution < 1.29 is 14.3 Å². The molecule has 2 saturated heterocycles. The Hall–Kier alpha value is -2.78. The highest BCUT2D eigenvalue weighted by atomic mass is 19.1. The van der Waals surface area contributed by atoms with Crippen LogP contribution in [0, 0.1) is 5.82 Å². The fraction of sp³-hybridized carbons (Fsp3) is 0.542. The lowest BCUT2D eigenvalue weighted by Crippen LogP contribution is -2.52. The Kier molecular flexibility index (Phi) is 6.16. The van der Waals surface area contributed by atoms with Crippen LogP contribution in [-0.4, -0.2) is 96.5 Å². The minimum Gasteiger partial charge on any atom is -0.395 e. The molecule has 2 aromatic rings. The van der Waals surface area contributed by atoms with Gasteiger partial charge in [-0.05, 0) is 42.7 Å². The van der Waals surface area contributed by atoms with E-state index in [0.29, 0.717) is 13.1 Å². The number of carbonyl (C=O) groups excluding carboxylic acids is 1. The van der Waals surface area contributed by atoms with Crippen LogP contribution in [0.4, 0.5) is 16.0 Å². The molecule has 1 N–H and O–H groups in total. The Balaban J connectivity index is 1.15. The van der Waals surface area contributed by atoms with Crippen molar-refractivity contribution in [2.75, 3.05) is 75.3 Å². The number of anilines is 2. The number of hydrogen-bond acceptors (Lipinski definition) is 7. The van der Waals surface area contributed by atoms with Crippen LogP contribution in [-0.2, 0) is 10.2 Å². The average molecular weight is 455 g/mol. The van der Waals surface area contributed by atoms with E-state index in [2.05, 4.69) is 24.9 Å². The van der Waals surface area contributed by atoms with Crippen LogP contribution < -0.4 is 9.80 Å². The molecule has 0 unspecified atom stereocenters. The van der Waals surface area contributed by atoms with Gasteiger partial charge in [0.1, 0.15) is 5.82 Å². The minimum absolute atomic E-state index is 0.163. The second-order valence-corrected chi connectivity index (χ2v) is 9.17. The molecule has 0 bridgehead atoms. The summed E-state index contributed by atoms with van der Waals surface area (Å²) in [6, 6.07) is 10.4. The number of β-amino-alcohol motifs (C(OH)–C–C–N with tert-alkyl or cyclic N) is 1. The van der Waals surface area contributed by atoms with Crippen LogP contribution in [0.5, 0.6) is 0 Å². The second kappa shape index (κ2) is 9.23. The van der Waals surface area contributed by atoms with E-state index < -0.39 is 5.41 Å². The maximum atomic E-state index is 13.3. The molecule has 0 atom stereocenters. The largest absolute Gasteiger partial charge is 0.395 e. The number of amides is 1. The Morgan fingerprint density at radius 3 is 1.88 bits per heavy atom. The number of hydrogen-bond donors (Lipinski definition) is 1. The molecular weight excluding hydrogens is 423 g/mol. The highest BCUT2D eigenvalue weighted by molar-refractivity contribution is 5.91. The van der Waals surface area contributed by atoms with Gasteiger partial charge in [0, 0.05) is 58.9 Å². The molecule has 1 amide bonds. The van der Waals surface area contributed by atoms with Gasteiger partial charge in [-0.2, -0.15) is 0 Å². The lowest BCUT2D eigenvalue weighted by atomic mass is 9.94. The van der Waals surface area contributed by atoms with Crippen LogP contribution in [0.1, 0.15) is 18.4 Å². The first-order valence-corrected chi connectivity index (χ1v) is 11.8. The van der Waals surface area contributed by atoms with E-state index in [1.165, 1.54) is 12.1 Å². The number of rotatable bonds is 6. The molecule has 1 saturated carbocycles. The predicted molar refractivity (Wildman–Crippen MR) is 124 cm³/mol. The number of nitrogens with zero attached hydrogens (tertiary/aromatic N) is 6. The van der Waals surface area contributed by atoms with Crippen molar-refractivity contribution in [3.05, 3.63) is 47.8 Å². The molecule has 176 valence electrons. The number of aliphatic hydroxyl groups excluding tert-OH is 1. The van der Waals surface area contributed by atoms with Crippen molar-refractivity contribution in [1.29, 1.82) is 0 Å². The van der Waals surface area contributed by atoms with Crippen molar-refractivity contribution in [2.24, 2.45) is 0 Å². The third kappa shape index (κ3) is 4.52. The van der Waals surface area contributed by atoms with Gasteiger partial charge in [-0.15, -0.1) is 10.2 Å². The van der Waals surface area contributed by atoms with Crippen molar-refractivity contribution in [1.82, 2.24) is 20.0 Å². The summed E-state index contributed by atoms with van der Waals surface area (Å²) in [5, 5.41) is 18.0. The van der Waals surface area contributed by atoms with E-state index in [0.717, 1.165) is 75.9 Å². The molecule has 1 aliphatic carbocycles. The van der Waals surface area contributed by atoms with Gasteiger partial charge in [0.05, 0.1) is 12.0 Å². The van der Waals surface area contributed by atoms with Crippen LogP contribution >= 0.6 is 0 Å². The normalized spacial score (nSPS) is 20.7. The average Bonchev–Trinajstić information content (AvgIpc) is 3.67. The summed E-state index contributed by atoms with van der Waals surface area (Å²) in [5.41, 5.74) is 0.466. The van der Waals surface area contributed by atoms with Gasteiger partial charge in [0.25, 0.3) is 0 Å². The molecule has 5 rings (SSSR count). The number of aliphatic hydroxyl groups is 1. The Labute approximate surface area is 193 Å². The maximum Gasteiger partial charge on any atom is 0.233 e. The van der Waals surface area contributed by atoms with Gasteiger partial charge >= 0.3 is 0 Å². The summed E-state index contributed by atoms with van der Waals surface area (Å²) in [5.74, 6) is 1.61. The molecule has 9 heteroatoms. The van der Waals surface area contributed by atoms with Gasteiger partial charge in [-0.25, -0.2) is 4.39 Å². The van der Waals surface area contributed by atoms with Crippen molar-refractivity contribution in [3.63, 3.8) is 0 Å². The molecule has 3 heterocycles. The highest BCUT2D eigenvalue weighted by Crippen LogP contribution is 2.49. The smallest absolute Gasteiger partial charge is 0.233 e. The van der Waals surface area contributed by atoms with Crippen LogP contribution in [0.25, 0.3) is 0 Å². The van der Waals surface area contributed by atoms with E-state index in [-0.39, 0.29) is 18.3 Å². The SMILES string of the molecule is O=C(N1CCN(c2ccc(N3CCN(CCO)CC3)nn2)CC1)C1(c2ccc(F)cc2)CC1. The zero-order valence-electron chi connectivity index (χ0n) is 18.9. The zero-order chi connectivity index (χ0) is 22.8. The van der Waals surface area contributed by atoms with Gasteiger partial charge in [-0.3, -0.25) is 9.69 Å². The number of halogens is 1. The van der Waals surface area contributed by atoms with Crippen LogP contribution in [0.3, 0.4) is 0 Å². The summed E-state index contributed by atoms with van der Waals surface area (Å²) < 4.78 is 13.3. The topological polar surface area (TPSA) is 76.0 Å². The van der Waals surface area contributed by atoms with Gasteiger partial charge in [0.2, 0.25) is 5.91 Å². The predicted octanol–water partition coefficient (Wildman–Crippen LogP) is 1.11. The first-order valence-electron chi connectivity index (χ1n) is 11.8. The summed E-state index contributed by atoms with van der Waals surface area (Å²) in [4.78, 5) is 21.9. The Morgan fingerprint density at radius 1 is 0.848 bits per heavy atom. The lowest BCUT2D eigenvalue weighted by Gasteiger charge is -2.37. The molecule has 0 spiro atoms. The first kappa shape index (κ1) is 22.0. The Morgan fingerprint density at radius 2 is 1.39 bits per heavy atom. The van der Waals surface area contributed by atoms with E-state index >= 15 is 0 Å². The molecule has 1 aromatic carbocycles. The van der Waals surface area contributed by atoms with Crippen molar-refractivity contribution >= 4 is 17.5 Å². The highest BCUT2D eigenvalue weighted by Gasteiger charge is 2.53. The minimum atomic E-state index is -0.460. The van der Waals surface area contributed by atoms with E-state index in [9.17, 15) is 9.18 Å². The molecule has 2 aliphatic heterocycles. The molecule has 3 fully saturated rings. The quantitative estimate of drug-likeness (QED) is 0.701.